The van der Waals surface area contributed by atoms with Crippen LogP contribution in [0.15, 0.2) is 0 Å². The van der Waals surface area contributed by atoms with Gasteiger partial charge in [-0.2, -0.15) is 5.26 Å². The minimum Gasteiger partial charge on any atom is -0.378 e. The van der Waals surface area contributed by atoms with Crippen LogP contribution in [0, 0.1) is 23.2 Å². The Morgan fingerprint density at radius 2 is 2.24 bits per heavy atom. The SMILES string of the molecule is CCOC1CC(CC(=O)NC(C#N)C2CC2)C1. The average molecular weight is 236 g/mol. The van der Waals surface area contributed by atoms with Crippen LogP contribution < -0.4 is 5.32 Å². The Hall–Kier alpha value is -1.08. The summed E-state index contributed by atoms with van der Waals surface area (Å²) < 4.78 is 5.46. The molecule has 4 heteroatoms. The lowest BCUT2D eigenvalue weighted by molar-refractivity contribution is -0.124. The van der Waals surface area contributed by atoms with Crippen molar-refractivity contribution >= 4 is 5.91 Å². The third kappa shape index (κ3) is 3.44. The van der Waals surface area contributed by atoms with Gasteiger partial charge in [0.2, 0.25) is 5.91 Å². The largest absolute Gasteiger partial charge is 0.378 e. The number of ether oxygens (including phenoxy) is 1. The zero-order valence-corrected chi connectivity index (χ0v) is 10.3. The van der Waals surface area contributed by atoms with Crippen molar-refractivity contribution in [1.82, 2.24) is 5.32 Å². The van der Waals surface area contributed by atoms with Crippen molar-refractivity contribution in [2.45, 2.75) is 51.2 Å². The molecule has 0 aromatic carbocycles. The van der Waals surface area contributed by atoms with Crippen LogP contribution in [-0.2, 0) is 9.53 Å². The van der Waals surface area contributed by atoms with Crippen molar-refractivity contribution in [2.75, 3.05) is 6.61 Å². The van der Waals surface area contributed by atoms with E-state index in [2.05, 4.69) is 11.4 Å². The van der Waals surface area contributed by atoms with E-state index in [9.17, 15) is 4.79 Å². The second-order valence-corrected chi connectivity index (χ2v) is 5.13. The quantitative estimate of drug-likeness (QED) is 0.762. The van der Waals surface area contributed by atoms with Crippen LogP contribution >= 0.6 is 0 Å². The van der Waals surface area contributed by atoms with Gasteiger partial charge in [-0.05, 0) is 44.4 Å². The Kier molecular flexibility index (Phi) is 4.01. The Labute approximate surface area is 102 Å². The highest BCUT2D eigenvalue weighted by Crippen LogP contribution is 2.34. The van der Waals surface area contributed by atoms with Crippen LogP contribution in [-0.4, -0.2) is 24.7 Å². The van der Waals surface area contributed by atoms with Gasteiger partial charge in [-0.1, -0.05) is 0 Å². The zero-order valence-electron chi connectivity index (χ0n) is 10.3. The highest BCUT2D eigenvalue weighted by Gasteiger charge is 2.34. The Balaban J connectivity index is 1.63. The summed E-state index contributed by atoms with van der Waals surface area (Å²) in [6, 6.07) is 1.92. The van der Waals surface area contributed by atoms with E-state index < -0.39 is 0 Å². The number of hydrogen-bond donors (Lipinski definition) is 1. The molecule has 2 aliphatic rings. The topological polar surface area (TPSA) is 62.1 Å². The number of carbonyl (C=O) groups excluding carboxylic acids is 1. The molecule has 0 spiro atoms. The molecule has 1 amide bonds. The highest BCUT2D eigenvalue weighted by atomic mass is 16.5. The first-order chi connectivity index (χ1) is 8.22. The smallest absolute Gasteiger partial charge is 0.221 e. The summed E-state index contributed by atoms with van der Waals surface area (Å²) in [6.07, 6.45) is 5.04. The van der Waals surface area contributed by atoms with Gasteiger partial charge in [-0.25, -0.2) is 0 Å². The molecular formula is C13H20N2O2. The molecule has 0 aromatic rings. The van der Waals surface area contributed by atoms with E-state index in [0.717, 1.165) is 32.3 Å². The Morgan fingerprint density at radius 3 is 2.76 bits per heavy atom. The first-order valence-electron chi connectivity index (χ1n) is 6.53. The first-order valence-corrected chi connectivity index (χ1v) is 6.53. The predicted molar refractivity (Wildman–Crippen MR) is 63.0 cm³/mol. The molecule has 17 heavy (non-hydrogen) atoms. The van der Waals surface area contributed by atoms with Gasteiger partial charge in [0.05, 0.1) is 12.2 Å². The Bertz CT molecular complexity index is 314. The van der Waals surface area contributed by atoms with E-state index in [-0.39, 0.29) is 11.9 Å². The van der Waals surface area contributed by atoms with Crippen molar-refractivity contribution in [2.24, 2.45) is 11.8 Å². The number of nitrogens with one attached hydrogen (secondary N) is 1. The van der Waals surface area contributed by atoms with Crippen molar-refractivity contribution in [3.8, 4) is 6.07 Å². The maximum atomic E-state index is 11.7. The van der Waals surface area contributed by atoms with Crippen LogP contribution in [0.3, 0.4) is 0 Å². The molecule has 0 aromatic heterocycles. The van der Waals surface area contributed by atoms with Crippen molar-refractivity contribution < 1.29 is 9.53 Å². The van der Waals surface area contributed by atoms with Gasteiger partial charge >= 0.3 is 0 Å². The number of hydrogen-bond acceptors (Lipinski definition) is 3. The predicted octanol–water partition coefficient (Wildman–Crippen LogP) is 1.61. The fraction of sp³-hybridized carbons (Fsp3) is 0.846. The van der Waals surface area contributed by atoms with E-state index >= 15 is 0 Å². The Morgan fingerprint density at radius 1 is 1.53 bits per heavy atom. The molecule has 2 saturated carbocycles. The van der Waals surface area contributed by atoms with Gasteiger partial charge in [-0.3, -0.25) is 4.79 Å². The summed E-state index contributed by atoms with van der Waals surface area (Å²) in [5.74, 6) is 0.884. The third-order valence-corrected chi connectivity index (χ3v) is 3.62. The second-order valence-electron chi connectivity index (χ2n) is 5.13. The lowest BCUT2D eigenvalue weighted by atomic mass is 9.80. The zero-order chi connectivity index (χ0) is 12.3. The number of rotatable bonds is 6. The molecule has 94 valence electrons. The number of amides is 1. The summed E-state index contributed by atoms with van der Waals surface area (Å²) in [5, 5.41) is 11.8. The molecule has 0 aliphatic heterocycles. The van der Waals surface area contributed by atoms with E-state index in [4.69, 9.17) is 10.00 Å². The number of nitrogens with zero attached hydrogens (tertiary/aromatic N) is 1. The fourth-order valence-electron chi connectivity index (χ4n) is 2.39. The monoisotopic (exact) mass is 236 g/mol. The molecule has 2 aliphatic carbocycles. The standard InChI is InChI=1S/C13H20N2O2/c1-2-17-11-5-9(6-11)7-13(16)15-12(8-14)10-3-4-10/h9-12H,2-7H2,1H3,(H,15,16). The molecule has 0 radical (unpaired) electrons. The third-order valence-electron chi connectivity index (χ3n) is 3.62. The molecule has 0 heterocycles. The molecule has 0 bridgehead atoms. The maximum Gasteiger partial charge on any atom is 0.221 e. The highest BCUT2D eigenvalue weighted by molar-refractivity contribution is 5.77. The van der Waals surface area contributed by atoms with Crippen LogP contribution in [0.4, 0.5) is 0 Å². The molecular weight excluding hydrogens is 216 g/mol. The van der Waals surface area contributed by atoms with Gasteiger partial charge < -0.3 is 10.1 Å². The normalized spacial score (nSPS) is 28.9. The van der Waals surface area contributed by atoms with Crippen molar-refractivity contribution in [3.05, 3.63) is 0 Å². The summed E-state index contributed by atoms with van der Waals surface area (Å²) in [5.41, 5.74) is 0. The number of carbonyl (C=O) groups is 1. The molecule has 4 nitrogen and oxygen atoms in total. The molecule has 2 rings (SSSR count). The van der Waals surface area contributed by atoms with Gasteiger partial charge in [0.25, 0.3) is 0 Å². The molecule has 1 N–H and O–H groups in total. The number of nitriles is 1. The summed E-state index contributed by atoms with van der Waals surface area (Å²) in [7, 11) is 0. The second kappa shape index (κ2) is 5.50. The fourth-order valence-corrected chi connectivity index (χ4v) is 2.39. The van der Waals surface area contributed by atoms with Gasteiger partial charge in [0, 0.05) is 13.0 Å². The maximum absolute atomic E-state index is 11.7. The van der Waals surface area contributed by atoms with Crippen LogP contribution in [0.5, 0.6) is 0 Å². The summed E-state index contributed by atoms with van der Waals surface area (Å²) in [6.45, 7) is 2.74. The van der Waals surface area contributed by atoms with E-state index in [0.29, 0.717) is 24.4 Å². The van der Waals surface area contributed by atoms with E-state index in [1.54, 1.807) is 0 Å². The summed E-state index contributed by atoms with van der Waals surface area (Å²) in [4.78, 5) is 11.7. The first kappa shape index (κ1) is 12.4. The van der Waals surface area contributed by atoms with Crippen LogP contribution in [0.25, 0.3) is 0 Å². The lowest BCUT2D eigenvalue weighted by Gasteiger charge is -2.34. The average Bonchev–Trinajstić information content (AvgIpc) is 3.07. The molecule has 2 fully saturated rings. The minimum atomic E-state index is -0.259. The van der Waals surface area contributed by atoms with Gasteiger partial charge in [-0.15, -0.1) is 0 Å². The summed E-state index contributed by atoms with van der Waals surface area (Å²) >= 11 is 0. The van der Waals surface area contributed by atoms with E-state index in [1.165, 1.54) is 0 Å². The molecule has 0 saturated heterocycles. The van der Waals surface area contributed by atoms with E-state index in [1.807, 2.05) is 6.92 Å². The van der Waals surface area contributed by atoms with Crippen LogP contribution in [0.1, 0.15) is 39.0 Å². The lowest BCUT2D eigenvalue weighted by Crippen LogP contribution is -2.39. The van der Waals surface area contributed by atoms with Crippen LogP contribution in [0.2, 0.25) is 0 Å². The van der Waals surface area contributed by atoms with Crippen molar-refractivity contribution in [1.29, 1.82) is 5.26 Å². The minimum absolute atomic E-state index is 0.0309. The van der Waals surface area contributed by atoms with Gasteiger partial charge in [0.15, 0.2) is 0 Å². The van der Waals surface area contributed by atoms with Crippen molar-refractivity contribution in [3.63, 3.8) is 0 Å². The van der Waals surface area contributed by atoms with Gasteiger partial charge in [0.1, 0.15) is 6.04 Å². The molecule has 1 atom stereocenters. The molecule has 1 unspecified atom stereocenters.